The van der Waals surface area contributed by atoms with Crippen molar-refractivity contribution < 1.29 is 22.7 Å². The minimum atomic E-state index is -3.84. The van der Waals surface area contributed by atoms with Crippen molar-refractivity contribution in [2.45, 2.75) is 17.6 Å². The lowest BCUT2D eigenvalue weighted by Crippen LogP contribution is -2.10. The molecule has 0 saturated carbocycles. The number of sulfone groups is 1. The maximum absolute atomic E-state index is 13.6. The molecule has 0 aliphatic rings. The number of hydrogen-bond acceptors (Lipinski definition) is 5. The first kappa shape index (κ1) is 15.1. The van der Waals surface area contributed by atoms with Crippen LogP contribution in [-0.2, 0) is 22.6 Å². The lowest BCUT2D eigenvalue weighted by atomic mass is 10.1. The summed E-state index contributed by atoms with van der Waals surface area (Å²) < 4.78 is 39.5. The van der Waals surface area contributed by atoms with Crippen molar-refractivity contribution in [1.82, 2.24) is 15.0 Å². The number of aryl methyl sites for hydroxylation is 2. The molecular formula is C12H12FN3O4S. The Labute approximate surface area is 119 Å². The first-order valence-electron chi connectivity index (χ1n) is 5.82. The van der Waals surface area contributed by atoms with Crippen LogP contribution < -0.4 is 0 Å². The summed E-state index contributed by atoms with van der Waals surface area (Å²) in [5.74, 6) is -2.90. The zero-order chi connectivity index (χ0) is 15.8. The molecule has 0 amide bonds. The average molecular weight is 313 g/mol. The third-order valence-corrected chi connectivity index (χ3v) is 4.44. The van der Waals surface area contributed by atoms with Crippen molar-refractivity contribution in [1.29, 1.82) is 0 Å². The van der Waals surface area contributed by atoms with E-state index in [1.165, 1.54) is 17.8 Å². The number of halogens is 1. The molecule has 1 N–H and O–H groups in total. The highest BCUT2D eigenvalue weighted by Crippen LogP contribution is 2.22. The van der Waals surface area contributed by atoms with Gasteiger partial charge < -0.3 is 5.11 Å². The van der Waals surface area contributed by atoms with Crippen LogP contribution in [0.15, 0.2) is 23.2 Å². The van der Waals surface area contributed by atoms with E-state index in [0.717, 1.165) is 12.1 Å². The Morgan fingerprint density at radius 3 is 2.62 bits per heavy atom. The van der Waals surface area contributed by atoms with Gasteiger partial charge in [-0.2, -0.15) is 0 Å². The molecule has 0 aliphatic heterocycles. The van der Waals surface area contributed by atoms with E-state index in [9.17, 15) is 17.6 Å². The number of benzene rings is 1. The smallest absolute Gasteiger partial charge is 0.338 e. The minimum Gasteiger partial charge on any atom is -0.478 e. The van der Waals surface area contributed by atoms with Crippen molar-refractivity contribution in [3.8, 4) is 0 Å². The second-order valence-electron chi connectivity index (χ2n) is 4.55. The van der Waals surface area contributed by atoms with E-state index in [0.29, 0.717) is 0 Å². The number of aromatic nitrogens is 3. The number of carbonyl (C=O) groups is 1. The van der Waals surface area contributed by atoms with Gasteiger partial charge in [0.2, 0.25) is 0 Å². The molecule has 0 radical (unpaired) electrons. The summed E-state index contributed by atoms with van der Waals surface area (Å²) in [5, 5.41) is 16.2. The Morgan fingerprint density at radius 2 is 2.10 bits per heavy atom. The highest BCUT2D eigenvalue weighted by Gasteiger charge is 2.22. The molecular weight excluding hydrogens is 301 g/mol. The molecule has 0 bridgehead atoms. The first-order valence-corrected chi connectivity index (χ1v) is 7.47. The molecule has 1 aromatic carbocycles. The van der Waals surface area contributed by atoms with Gasteiger partial charge in [0.1, 0.15) is 11.6 Å². The van der Waals surface area contributed by atoms with E-state index in [2.05, 4.69) is 10.3 Å². The number of carboxylic acid groups (broad SMARTS) is 1. The summed E-state index contributed by atoms with van der Waals surface area (Å²) in [7, 11) is -2.25. The van der Waals surface area contributed by atoms with E-state index in [1.54, 1.807) is 7.05 Å². The van der Waals surface area contributed by atoms with Crippen LogP contribution in [0.1, 0.15) is 21.6 Å². The lowest BCUT2D eigenvalue weighted by Gasteiger charge is -2.07. The SMILES string of the molecule is Cc1cc(S(=O)(=O)Cc2cn(C)nn2)cc(C(=O)O)c1F. The Hall–Kier alpha value is -2.29. The number of carboxylic acids is 1. The van der Waals surface area contributed by atoms with Gasteiger partial charge in [-0.15, -0.1) is 5.10 Å². The van der Waals surface area contributed by atoms with Crippen LogP contribution in [-0.4, -0.2) is 34.5 Å². The second kappa shape index (κ2) is 5.24. The average Bonchev–Trinajstić information content (AvgIpc) is 2.76. The third-order valence-electron chi connectivity index (χ3n) is 2.81. The van der Waals surface area contributed by atoms with Crippen molar-refractivity contribution in [2.24, 2.45) is 7.05 Å². The van der Waals surface area contributed by atoms with Crippen LogP contribution in [0.3, 0.4) is 0 Å². The summed E-state index contributed by atoms with van der Waals surface area (Å²) in [4.78, 5) is 10.7. The van der Waals surface area contributed by atoms with Gasteiger partial charge in [0.05, 0.1) is 16.2 Å². The number of hydrogen-bond donors (Lipinski definition) is 1. The molecule has 0 spiro atoms. The molecule has 9 heteroatoms. The minimum absolute atomic E-state index is 0.0485. The van der Waals surface area contributed by atoms with Crippen LogP contribution in [0.4, 0.5) is 4.39 Å². The molecule has 1 heterocycles. The Bertz CT molecular complexity index is 814. The van der Waals surface area contributed by atoms with Crippen LogP contribution in [0.25, 0.3) is 0 Å². The highest BCUT2D eigenvalue weighted by molar-refractivity contribution is 7.90. The molecule has 2 aromatic rings. The number of rotatable bonds is 4. The van der Waals surface area contributed by atoms with Gasteiger partial charge in [-0.25, -0.2) is 17.6 Å². The summed E-state index contributed by atoms with van der Waals surface area (Å²) in [6.07, 6.45) is 1.44. The molecule has 0 atom stereocenters. The summed E-state index contributed by atoms with van der Waals surface area (Å²) in [6, 6.07) is 1.92. The molecule has 0 fully saturated rings. The Kier molecular flexibility index (Phi) is 3.77. The molecule has 0 unspecified atom stereocenters. The van der Waals surface area contributed by atoms with Gasteiger partial charge in [-0.3, -0.25) is 4.68 Å². The molecule has 2 rings (SSSR count). The monoisotopic (exact) mass is 313 g/mol. The van der Waals surface area contributed by atoms with Crippen LogP contribution in [0.5, 0.6) is 0 Å². The van der Waals surface area contributed by atoms with Gasteiger partial charge in [-0.1, -0.05) is 5.21 Å². The molecule has 112 valence electrons. The fraction of sp³-hybridized carbons (Fsp3) is 0.250. The summed E-state index contributed by atoms with van der Waals surface area (Å²) in [5.41, 5.74) is -0.503. The van der Waals surface area contributed by atoms with E-state index < -0.39 is 32.9 Å². The summed E-state index contributed by atoms with van der Waals surface area (Å²) in [6.45, 7) is 1.31. The number of nitrogens with zero attached hydrogens (tertiary/aromatic N) is 3. The number of aromatic carboxylic acids is 1. The van der Waals surface area contributed by atoms with E-state index in [4.69, 9.17) is 5.11 Å². The molecule has 7 nitrogen and oxygen atoms in total. The maximum atomic E-state index is 13.6. The van der Waals surface area contributed by atoms with Crippen LogP contribution >= 0.6 is 0 Å². The van der Waals surface area contributed by atoms with Gasteiger partial charge in [0.15, 0.2) is 9.84 Å². The first-order chi connectivity index (χ1) is 9.70. The van der Waals surface area contributed by atoms with Crippen molar-refractivity contribution >= 4 is 15.8 Å². The normalized spacial score (nSPS) is 11.6. The van der Waals surface area contributed by atoms with Crippen molar-refractivity contribution in [2.75, 3.05) is 0 Å². The van der Waals surface area contributed by atoms with E-state index >= 15 is 0 Å². The quantitative estimate of drug-likeness (QED) is 0.843. The van der Waals surface area contributed by atoms with E-state index in [1.807, 2.05) is 0 Å². The summed E-state index contributed by atoms with van der Waals surface area (Å²) >= 11 is 0. The Morgan fingerprint density at radius 1 is 1.43 bits per heavy atom. The topological polar surface area (TPSA) is 102 Å². The van der Waals surface area contributed by atoms with Crippen LogP contribution in [0, 0.1) is 12.7 Å². The van der Waals surface area contributed by atoms with Crippen molar-refractivity contribution in [3.05, 3.63) is 41.0 Å². The largest absolute Gasteiger partial charge is 0.478 e. The zero-order valence-corrected chi connectivity index (χ0v) is 12.1. The van der Waals surface area contributed by atoms with Gasteiger partial charge in [-0.05, 0) is 24.6 Å². The zero-order valence-electron chi connectivity index (χ0n) is 11.2. The van der Waals surface area contributed by atoms with E-state index in [-0.39, 0.29) is 16.2 Å². The Balaban J connectivity index is 2.47. The molecule has 0 saturated heterocycles. The predicted molar refractivity (Wildman–Crippen MR) is 70.0 cm³/mol. The fourth-order valence-electron chi connectivity index (χ4n) is 1.81. The maximum Gasteiger partial charge on any atom is 0.338 e. The van der Waals surface area contributed by atoms with Crippen LogP contribution in [0.2, 0.25) is 0 Å². The van der Waals surface area contributed by atoms with Gasteiger partial charge in [0.25, 0.3) is 0 Å². The fourth-order valence-corrected chi connectivity index (χ4v) is 3.15. The van der Waals surface area contributed by atoms with Gasteiger partial charge >= 0.3 is 5.97 Å². The highest BCUT2D eigenvalue weighted by atomic mass is 32.2. The molecule has 21 heavy (non-hydrogen) atoms. The van der Waals surface area contributed by atoms with Crippen molar-refractivity contribution in [3.63, 3.8) is 0 Å². The predicted octanol–water partition coefficient (Wildman–Crippen LogP) is 0.935. The lowest BCUT2D eigenvalue weighted by molar-refractivity contribution is 0.0691. The third kappa shape index (κ3) is 3.07. The van der Waals surface area contributed by atoms with Gasteiger partial charge in [0, 0.05) is 13.2 Å². The molecule has 0 aliphatic carbocycles. The second-order valence-corrected chi connectivity index (χ2v) is 6.54. The molecule has 1 aromatic heterocycles. The standard InChI is InChI=1S/C12H12FN3O4S/c1-7-3-9(4-10(11(7)13)12(17)18)21(19,20)6-8-5-16(2)15-14-8/h3-5H,6H2,1-2H3,(H,17,18).